The maximum absolute atomic E-state index is 12.9. The third kappa shape index (κ3) is 4.09. The molecule has 7 nitrogen and oxygen atoms in total. The third-order valence-electron chi connectivity index (χ3n) is 5.86. The third-order valence-corrected chi connectivity index (χ3v) is 5.86. The van der Waals surface area contributed by atoms with Crippen LogP contribution in [0.15, 0.2) is 30.3 Å². The number of ether oxygens (including phenoxy) is 1. The van der Waals surface area contributed by atoms with E-state index in [-0.39, 0.29) is 30.1 Å². The van der Waals surface area contributed by atoms with Crippen LogP contribution in [0.2, 0.25) is 0 Å². The van der Waals surface area contributed by atoms with Crippen LogP contribution in [0.25, 0.3) is 0 Å². The number of urea groups is 1. The van der Waals surface area contributed by atoms with Gasteiger partial charge in [-0.05, 0) is 19.0 Å². The molecule has 0 spiro atoms. The number of likely N-dealkylation sites (N-methyl/N-ethyl adjacent to an activating group) is 1. The van der Waals surface area contributed by atoms with Crippen LogP contribution in [-0.4, -0.2) is 85.2 Å². The Morgan fingerprint density at radius 3 is 2.56 bits per heavy atom. The standard InChI is InChI=1S/C20H28N4O3/c1-22-7-9-23(10-8-22)19(25)17-11-16-13-24(14-18(17)27-16)20(26)21-12-15-5-3-2-4-6-15/h2-6,16-18H,7-14H2,1H3,(H,21,26). The minimum absolute atomic E-state index is 0.0346. The first-order valence-electron chi connectivity index (χ1n) is 9.79. The van der Waals surface area contributed by atoms with E-state index in [1.165, 1.54) is 0 Å². The summed E-state index contributed by atoms with van der Waals surface area (Å²) < 4.78 is 6.01. The van der Waals surface area contributed by atoms with E-state index in [1.54, 1.807) is 4.90 Å². The lowest BCUT2D eigenvalue weighted by Crippen LogP contribution is -2.53. The van der Waals surface area contributed by atoms with Gasteiger partial charge in [0.2, 0.25) is 5.91 Å². The number of amides is 3. The molecule has 3 fully saturated rings. The summed E-state index contributed by atoms with van der Waals surface area (Å²) in [5.41, 5.74) is 1.07. The van der Waals surface area contributed by atoms with Crippen molar-refractivity contribution in [1.29, 1.82) is 0 Å². The summed E-state index contributed by atoms with van der Waals surface area (Å²) in [6, 6.07) is 9.80. The fraction of sp³-hybridized carbons (Fsp3) is 0.600. The van der Waals surface area contributed by atoms with Crippen molar-refractivity contribution >= 4 is 11.9 Å². The molecule has 4 rings (SSSR count). The van der Waals surface area contributed by atoms with Gasteiger partial charge in [0.1, 0.15) is 0 Å². The lowest BCUT2D eigenvalue weighted by molar-refractivity contribution is -0.139. The molecule has 3 atom stereocenters. The Hall–Kier alpha value is -2.12. The maximum atomic E-state index is 12.9. The molecule has 146 valence electrons. The first-order valence-corrected chi connectivity index (χ1v) is 9.79. The van der Waals surface area contributed by atoms with Crippen molar-refractivity contribution < 1.29 is 14.3 Å². The number of hydrogen-bond acceptors (Lipinski definition) is 4. The van der Waals surface area contributed by atoms with Crippen LogP contribution < -0.4 is 5.32 Å². The fourth-order valence-electron chi connectivity index (χ4n) is 4.23. The lowest BCUT2D eigenvalue weighted by atomic mass is 9.98. The molecule has 0 saturated carbocycles. The molecule has 7 heteroatoms. The second kappa shape index (κ2) is 7.86. The molecule has 0 radical (unpaired) electrons. The van der Waals surface area contributed by atoms with Gasteiger partial charge >= 0.3 is 6.03 Å². The van der Waals surface area contributed by atoms with Crippen molar-refractivity contribution in [3.8, 4) is 0 Å². The van der Waals surface area contributed by atoms with Crippen molar-refractivity contribution in [3.63, 3.8) is 0 Å². The molecule has 3 heterocycles. The Morgan fingerprint density at radius 1 is 1.07 bits per heavy atom. The minimum Gasteiger partial charge on any atom is -0.370 e. The van der Waals surface area contributed by atoms with Crippen molar-refractivity contribution in [3.05, 3.63) is 35.9 Å². The monoisotopic (exact) mass is 372 g/mol. The number of carbonyl (C=O) groups is 2. The average molecular weight is 372 g/mol. The molecular formula is C20H28N4O3. The summed E-state index contributed by atoms with van der Waals surface area (Å²) in [5, 5.41) is 2.98. The highest BCUT2D eigenvalue weighted by atomic mass is 16.5. The summed E-state index contributed by atoms with van der Waals surface area (Å²) in [7, 11) is 2.08. The number of morpholine rings is 1. The summed E-state index contributed by atoms with van der Waals surface area (Å²) in [5.74, 6) is 0.0764. The summed E-state index contributed by atoms with van der Waals surface area (Å²) in [4.78, 5) is 31.5. The van der Waals surface area contributed by atoms with Gasteiger partial charge in [0.25, 0.3) is 0 Å². The van der Waals surface area contributed by atoms with E-state index in [1.807, 2.05) is 35.2 Å². The highest BCUT2D eigenvalue weighted by molar-refractivity contribution is 5.80. The number of fused-ring (bicyclic) bond motifs is 2. The van der Waals surface area contributed by atoms with E-state index >= 15 is 0 Å². The van der Waals surface area contributed by atoms with Gasteiger partial charge in [-0.1, -0.05) is 30.3 Å². The number of hydrogen-bond donors (Lipinski definition) is 1. The van der Waals surface area contributed by atoms with E-state index in [2.05, 4.69) is 17.3 Å². The van der Waals surface area contributed by atoms with E-state index in [0.717, 1.165) is 38.2 Å². The van der Waals surface area contributed by atoms with Crippen LogP contribution >= 0.6 is 0 Å². The zero-order valence-corrected chi connectivity index (χ0v) is 15.8. The number of likely N-dealkylation sites (tertiary alicyclic amines) is 1. The number of rotatable bonds is 3. The molecule has 27 heavy (non-hydrogen) atoms. The van der Waals surface area contributed by atoms with Crippen LogP contribution in [-0.2, 0) is 16.1 Å². The van der Waals surface area contributed by atoms with Gasteiger partial charge in [-0.3, -0.25) is 4.79 Å². The normalized spacial score (nSPS) is 28.3. The molecule has 1 aromatic rings. The molecule has 3 saturated heterocycles. The summed E-state index contributed by atoms with van der Waals surface area (Å²) in [6.07, 6.45) is 0.504. The number of nitrogens with one attached hydrogen (secondary N) is 1. The van der Waals surface area contributed by atoms with Crippen LogP contribution in [0.4, 0.5) is 4.79 Å². The highest BCUT2D eigenvalue weighted by Gasteiger charge is 2.47. The average Bonchev–Trinajstić information content (AvgIpc) is 3.00. The Balaban J connectivity index is 1.32. The van der Waals surface area contributed by atoms with E-state index in [0.29, 0.717) is 19.6 Å². The van der Waals surface area contributed by atoms with E-state index < -0.39 is 0 Å². The Kier molecular flexibility index (Phi) is 5.31. The van der Waals surface area contributed by atoms with Gasteiger partial charge in [0, 0.05) is 45.8 Å². The van der Waals surface area contributed by atoms with E-state index in [9.17, 15) is 9.59 Å². The molecule has 3 aliphatic rings. The molecule has 3 unspecified atom stereocenters. The summed E-state index contributed by atoms with van der Waals surface area (Å²) in [6.45, 7) is 4.96. The lowest BCUT2D eigenvalue weighted by Gasteiger charge is -2.36. The van der Waals surface area contributed by atoms with Crippen LogP contribution in [0, 0.1) is 5.92 Å². The highest BCUT2D eigenvalue weighted by Crippen LogP contribution is 2.33. The van der Waals surface area contributed by atoms with Crippen LogP contribution in [0.3, 0.4) is 0 Å². The Labute approximate surface area is 160 Å². The molecule has 3 aliphatic heterocycles. The molecule has 0 aromatic heterocycles. The smallest absolute Gasteiger partial charge is 0.317 e. The zero-order chi connectivity index (χ0) is 18.8. The van der Waals surface area contributed by atoms with Gasteiger partial charge < -0.3 is 24.8 Å². The summed E-state index contributed by atoms with van der Waals surface area (Å²) >= 11 is 0. The van der Waals surface area contributed by atoms with Gasteiger partial charge in [-0.25, -0.2) is 4.79 Å². The number of nitrogens with zero attached hydrogens (tertiary/aromatic N) is 3. The predicted molar refractivity (Wildman–Crippen MR) is 101 cm³/mol. The van der Waals surface area contributed by atoms with Crippen molar-refractivity contribution in [1.82, 2.24) is 20.0 Å². The molecule has 2 bridgehead atoms. The molecule has 1 aromatic carbocycles. The van der Waals surface area contributed by atoms with Gasteiger partial charge in [-0.15, -0.1) is 0 Å². The predicted octanol–water partition coefficient (Wildman–Crippen LogP) is 0.760. The zero-order valence-electron chi connectivity index (χ0n) is 15.8. The van der Waals surface area contributed by atoms with Gasteiger partial charge in [0.05, 0.1) is 18.1 Å². The first-order chi connectivity index (χ1) is 13.1. The molecule has 0 aliphatic carbocycles. The topological polar surface area (TPSA) is 65.1 Å². The van der Waals surface area contributed by atoms with Crippen molar-refractivity contribution in [2.75, 3.05) is 46.3 Å². The quantitative estimate of drug-likeness (QED) is 0.851. The molecule has 1 N–H and O–H groups in total. The number of carbonyl (C=O) groups excluding carboxylic acids is 2. The minimum atomic E-state index is -0.182. The first kappa shape index (κ1) is 18.3. The van der Waals surface area contributed by atoms with Gasteiger partial charge in [-0.2, -0.15) is 0 Å². The second-order valence-corrected chi connectivity index (χ2v) is 7.82. The Bertz CT molecular complexity index is 675. The van der Waals surface area contributed by atoms with Crippen LogP contribution in [0.5, 0.6) is 0 Å². The van der Waals surface area contributed by atoms with E-state index in [4.69, 9.17) is 4.74 Å². The number of benzene rings is 1. The SMILES string of the molecule is CN1CCN(C(=O)C2CC3CN(C(=O)NCc4ccccc4)CC2O3)CC1. The van der Waals surface area contributed by atoms with Crippen molar-refractivity contribution in [2.24, 2.45) is 5.92 Å². The maximum Gasteiger partial charge on any atom is 0.317 e. The van der Waals surface area contributed by atoms with Gasteiger partial charge in [0.15, 0.2) is 0 Å². The van der Waals surface area contributed by atoms with Crippen molar-refractivity contribution in [2.45, 2.75) is 25.2 Å². The largest absolute Gasteiger partial charge is 0.370 e. The molecular weight excluding hydrogens is 344 g/mol. The molecule has 3 amide bonds. The Morgan fingerprint density at radius 2 is 1.81 bits per heavy atom. The number of piperazine rings is 1. The van der Waals surface area contributed by atoms with Crippen LogP contribution in [0.1, 0.15) is 12.0 Å². The fourth-order valence-corrected chi connectivity index (χ4v) is 4.23. The second-order valence-electron chi connectivity index (χ2n) is 7.82.